The fourth-order valence-corrected chi connectivity index (χ4v) is 4.63. The van der Waals surface area contributed by atoms with E-state index in [1.807, 2.05) is 0 Å². The minimum Gasteiger partial charge on any atom is -0.377 e. The van der Waals surface area contributed by atoms with Crippen molar-refractivity contribution >= 4 is 8.80 Å². The molecule has 0 bridgehead atoms. The molecule has 0 N–H and O–H groups in total. The van der Waals surface area contributed by atoms with Crippen LogP contribution in [0.3, 0.4) is 0 Å². The van der Waals surface area contributed by atoms with Crippen LogP contribution in [-0.4, -0.2) is 29.6 Å². The third-order valence-electron chi connectivity index (χ3n) is 4.22. The van der Waals surface area contributed by atoms with Gasteiger partial charge in [-0.25, -0.2) is 0 Å². The Balaban J connectivity index is 3.50. The fraction of sp³-hybridized carbons (Fsp3) is 0.895. The molecule has 23 heavy (non-hydrogen) atoms. The summed E-state index contributed by atoms with van der Waals surface area (Å²) < 4.78 is 16.9. The van der Waals surface area contributed by atoms with Crippen LogP contribution in [-0.2, 0) is 13.3 Å². The van der Waals surface area contributed by atoms with Crippen molar-refractivity contribution in [3.63, 3.8) is 0 Å². The summed E-state index contributed by atoms with van der Waals surface area (Å²) in [5.74, 6) is 0. The van der Waals surface area contributed by atoms with E-state index in [2.05, 4.69) is 26.0 Å². The van der Waals surface area contributed by atoms with Crippen LogP contribution in [0.25, 0.3) is 0 Å². The molecule has 0 aromatic rings. The molecule has 138 valence electrons. The lowest BCUT2D eigenvalue weighted by molar-refractivity contribution is 0.110. The topological polar surface area (TPSA) is 27.7 Å². The van der Waals surface area contributed by atoms with E-state index in [-0.39, 0.29) is 0 Å². The highest BCUT2D eigenvalue weighted by atomic mass is 28.4. The third-order valence-corrected chi connectivity index (χ3v) is 7.18. The largest absolute Gasteiger partial charge is 0.500 e. The van der Waals surface area contributed by atoms with Gasteiger partial charge in [0, 0.05) is 20.3 Å². The quantitative estimate of drug-likeness (QED) is 0.181. The smallest absolute Gasteiger partial charge is 0.377 e. The van der Waals surface area contributed by atoms with Crippen LogP contribution < -0.4 is 0 Å². The SMILES string of the molecule is CCCCCCCCCCCC=CCO[Si](CCC)(OC)OC. The summed E-state index contributed by atoms with van der Waals surface area (Å²) in [5.41, 5.74) is 0. The van der Waals surface area contributed by atoms with Crippen molar-refractivity contribution in [2.45, 2.75) is 90.5 Å². The summed E-state index contributed by atoms with van der Waals surface area (Å²) in [4.78, 5) is 0. The zero-order valence-corrected chi connectivity index (χ0v) is 17.1. The van der Waals surface area contributed by atoms with Crippen LogP contribution in [0.1, 0.15) is 84.5 Å². The first-order valence-electron chi connectivity index (χ1n) is 9.64. The highest BCUT2D eigenvalue weighted by molar-refractivity contribution is 6.60. The molecule has 0 saturated heterocycles. The van der Waals surface area contributed by atoms with Gasteiger partial charge in [0.15, 0.2) is 0 Å². The molecule has 0 heterocycles. The van der Waals surface area contributed by atoms with Gasteiger partial charge in [-0.15, -0.1) is 0 Å². The van der Waals surface area contributed by atoms with Crippen LogP contribution in [0.2, 0.25) is 6.04 Å². The second-order valence-corrected chi connectivity index (χ2v) is 9.21. The van der Waals surface area contributed by atoms with Crippen molar-refractivity contribution in [3.05, 3.63) is 12.2 Å². The van der Waals surface area contributed by atoms with Gasteiger partial charge in [0.2, 0.25) is 0 Å². The molecule has 0 unspecified atom stereocenters. The van der Waals surface area contributed by atoms with E-state index in [4.69, 9.17) is 13.3 Å². The van der Waals surface area contributed by atoms with Crippen LogP contribution in [0.15, 0.2) is 12.2 Å². The maximum Gasteiger partial charge on any atom is 0.500 e. The van der Waals surface area contributed by atoms with E-state index in [0.717, 1.165) is 18.9 Å². The summed E-state index contributed by atoms with van der Waals surface area (Å²) in [6, 6.07) is 0.881. The summed E-state index contributed by atoms with van der Waals surface area (Å²) in [5, 5.41) is 0. The lowest BCUT2D eigenvalue weighted by Gasteiger charge is -2.25. The van der Waals surface area contributed by atoms with Crippen molar-refractivity contribution in [1.82, 2.24) is 0 Å². The second kappa shape index (κ2) is 16.7. The Labute approximate surface area is 146 Å². The minimum absolute atomic E-state index is 0.603. The Morgan fingerprint density at radius 2 is 1.26 bits per heavy atom. The van der Waals surface area contributed by atoms with E-state index >= 15 is 0 Å². The molecule has 0 aromatic heterocycles. The van der Waals surface area contributed by atoms with Crippen molar-refractivity contribution in [2.24, 2.45) is 0 Å². The molecule has 3 nitrogen and oxygen atoms in total. The minimum atomic E-state index is -2.39. The van der Waals surface area contributed by atoms with E-state index in [1.54, 1.807) is 14.2 Å². The number of hydrogen-bond donors (Lipinski definition) is 0. The molecule has 0 atom stereocenters. The van der Waals surface area contributed by atoms with Gasteiger partial charge in [-0.1, -0.05) is 83.8 Å². The predicted octanol–water partition coefficient (Wildman–Crippen LogP) is 6.12. The monoisotopic (exact) mass is 344 g/mol. The van der Waals surface area contributed by atoms with Crippen LogP contribution in [0.5, 0.6) is 0 Å². The lowest BCUT2D eigenvalue weighted by atomic mass is 10.1. The fourth-order valence-electron chi connectivity index (χ4n) is 2.72. The van der Waals surface area contributed by atoms with Crippen molar-refractivity contribution in [1.29, 1.82) is 0 Å². The maximum atomic E-state index is 5.87. The molecule has 0 radical (unpaired) electrons. The molecule has 0 aliphatic rings. The van der Waals surface area contributed by atoms with Crippen LogP contribution in [0.4, 0.5) is 0 Å². The van der Waals surface area contributed by atoms with Gasteiger partial charge in [0.1, 0.15) is 0 Å². The van der Waals surface area contributed by atoms with Gasteiger partial charge in [-0.2, -0.15) is 0 Å². The number of rotatable bonds is 17. The summed E-state index contributed by atoms with van der Waals surface area (Å²) in [6.07, 6.45) is 19.0. The molecule has 0 saturated carbocycles. The maximum absolute atomic E-state index is 5.87. The normalized spacial score (nSPS) is 12.3. The molecule has 0 aliphatic carbocycles. The number of unbranched alkanes of at least 4 members (excludes halogenated alkanes) is 9. The highest BCUT2D eigenvalue weighted by Crippen LogP contribution is 2.16. The number of allylic oxidation sites excluding steroid dienone is 1. The molecule has 0 amide bonds. The first-order chi connectivity index (χ1) is 11.2. The average Bonchev–Trinajstić information content (AvgIpc) is 2.58. The average molecular weight is 345 g/mol. The van der Waals surface area contributed by atoms with Gasteiger partial charge >= 0.3 is 8.80 Å². The predicted molar refractivity (Wildman–Crippen MR) is 102 cm³/mol. The first-order valence-corrected chi connectivity index (χ1v) is 11.6. The van der Waals surface area contributed by atoms with Gasteiger partial charge in [0.05, 0.1) is 6.61 Å². The van der Waals surface area contributed by atoms with Gasteiger partial charge in [-0.05, 0) is 12.8 Å². The van der Waals surface area contributed by atoms with E-state index < -0.39 is 8.80 Å². The van der Waals surface area contributed by atoms with Crippen LogP contribution in [0, 0.1) is 0 Å². The summed E-state index contributed by atoms with van der Waals surface area (Å²) in [6.45, 7) is 5.00. The molecular formula is C19H40O3Si. The standard InChI is InChI=1S/C19H40O3Si/c1-5-7-8-9-10-11-12-13-14-15-16-17-18-22-23(20-3,21-4)19-6-2/h16-17H,5-15,18-19H2,1-4H3. The third kappa shape index (κ3) is 12.9. The first kappa shape index (κ1) is 22.8. The Kier molecular flexibility index (Phi) is 16.6. The Morgan fingerprint density at radius 3 is 1.78 bits per heavy atom. The molecule has 4 heteroatoms. The van der Waals surface area contributed by atoms with E-state index in [9.17, 15) is 0 Å². The summed E-state index contributed by atoms with van der Waals surface area (Å²) in [7, 11) is 0.989. The van der Waals surface area contributed by atoms with Gasteiger partial charge in [0.25, 0.3) is 0 Å². The lowest BCUT2D eigenvalue weighted by Crippen LogP contribution is -2.43. The molecule has 0 aliphatic heterocycles. The van der Waals surface area contributed by atoms with Gasteiger partial charge < -0.3 is 13.3 Å². The van der Waals surface area contributed by atoms with Crippen LogP contribution >= 0.6 is 0 Å². The summed E-state index contributed by atoms with van der Waals surface area (Å²) >= 11 is 0. The second-order valence-electron chi connectivity index (χ2n) is 6.24. The molecule has 0 aromatic carbocycles. The van der Waals surface area contributed by atoms with Gasteiger partial charge in [-0.3, -0.25) is 0 Å². The van der Waals surface area contributed by atoms with E-state index in [0.29, 0.717) is 6.61 Å². The zero-order chi connectivity index (χ0) is 17.2. The van der Waals surface area contributed by atoms with Crippen molar-refractivity contribution in [3.8, 4) is 0 Å². The molecule has 0 fully saturated rings. The van der Waals surface area contributed by atoms with E-state index in [1.165, 1.54) is 57.8 Å². The number of hydrogen-bond acceptors (Lipinski definition) is 3. The Morgan fingerprint density at radius 1 is 0.696 bits per heavy atom. The zero-order valence-electron chi connectivity index (χ0n) is 16.1. The molecule has 0 spiro atoms. The molecule has 0 rings (SSSR count). The highest BCUT2D eigenvalue weighted by Gasteiger charge is 2.37. The Hall–Kier alpha value is -0.163. The van der Waals surface area contributed by atoms with Crippen molar-refractivity contribution < 1.29 is 13.3 Å². The Bertz CT molecular complexity index is 265. The van der Waals surface area contributed by atoms with Crippen molar-refractivity contribution in [2.75, 3.05) is 20.8 Å². The molecular weight excluding hydrogens is 304 g/mol.